The molecule has 0 radical (unpaired) electrons. The summed E-state index contributed by atoms with van der Waals surface area (Å²) in [5.41, 5.74) is 0.859. The largest absolute Gasteiger partial charge is 0.497 e. The summed E-state index contributed by atoms with van der Waals surface area (Å²) in [5, 5.41) is 2.95. The fraction of sp³-hybridized carbons (Fsp3) is 0.652. The zero-order chi connectivity index (χ0) is 23.5. The standard InChI is InChI=1S/C23H37N3O6/c1-17(2)12-25-6-7-32-21(14-25)11-24-22(27)15-26(16-23(28)31-5)13-18-8-19(29-3)10-20(9-18)30-4/h8-10,17,21H,6-7,11-16H2,1-5H3,(H,24,27). The van der Waals surface area contributed by atoms with Gasteiger partial charge >= 0.3 is 5.97 Å². The summed E-state index contributed by atoms with van der Waals surface area (Å²) in [6, 6.07) is 5.47. The number of carbonyl (C=O) groups is 2. The van der Waals surface area contributed by atoms with Gasteiger partial charge in [-0.25, -0.2) is 0 Å². The molecule has 1 heterocycles. The summed E-state index contributed by atoms with van der Waals surface area (Å²) in [7, 11) is 4.49. The van der Waals surface area contributed by atoms with E-state index in [1.165, 1.54) is 7.11 Å². The van der Waals surface area contributed by atoms with Crippen molar-refractivity contribution in [3.63, 3.8) is 0 Å². The molecule has 0 spiro atoms. The summed E-state index contributed by atoms with van der Waals surface area (Å²) in [6.07, 6.45) is -0.0387. The Morgan fingerprint density at radius 2 is 1.84 bits per heavy atom. The topological polar surface area (TPSA) is 89.6 Å². The molecule has 1 fully saturated rings. The summed E-state index contributed by atoms with van der Waals surface area (Å²) >= 11 is 0. The minimum atomic E-state index is -0.410. The average molecular weight is 452 g/mol. The molecule has 180 valence electrons. The predicted molar refractivity (Wildman–Crippen MR) is 121 cm³/mol. The number of carbonyl (C=O) groups excluding carboxylic acids is 2. The first-order valence-corrected chi connectivity index (χ1v) is 10.9. The van der Waals surface area contributed by atoms with Gasteiger partial charge in [0.05, 0.1) is 47.1 Å². The normalized spacial score (nSPS) is 16.8. The highest BCUT2D eigenvalue weighted by atomic mass is 16.5. The fourth-order valence-electron chi connectivity index (χ4n) is 3.70. The molecule has 1 amide bonds. The van der Waals surface area contributed by atoms with Crippen LogP contribution < -0.4 is 14.8 Å². The number of nitrogens with one attached hydrogen (secondary N) is 1. The molecule has 9 heteroatoms. The van der Waals surface area contributed by atoms with E-state index in [0.717, 1.165) is 25.2 Å². The van der Waals surface area contributed by atoms with E-state index in [2.05, 4.69) is 24.1 Å². The quantitative estimate of drug-likeness (QED) is 0.474. The van der Waals surface area contributed by atoms with Gasteiger partial charge in [-0.15, -0.1) is 0 Å². The molecule has 1 atom stereocenters. The third kappa shape index (κ3) is 9.02. The van der Waals surface area contributed by atoms with Crippen LogP contribution in [0.3, 0.4) is 0 Å². The molecule has 1 aliphatic heterocycles. The van der Waals surface area contributed by atoms with E-state index in [0.29, 0.717) is 37.1 Å². The molecule has 1 unspecified atom stereocenters. The Morgan fingerprint density at radius 1 is 1.16 bits per heavy atom. The van der Waals surface area contributed by atoms with Crippen molar-refractivity contribution >= 4 is 11.9 Å². The Hall–Kier alpha value is -2.36. The van der Waals surface area contributed by atoms with E-state index in [9.17, 15) is 9.59 Å². The number of hydrogen-bond acceptors (Lipinski definition) is 8. The van der Waals surface area contributed by atoms with Gasteiger partial charge in [0.15, 0.2) is 0 Å². The fourth-order valence-corrected chi connectivity index (χ4v) is 3.70. The lowest BCUT2D eigenvalue weighted by Gasteiger charge is -2.34. The Balaban J connectivity index is 1.94. The Morgan fingerprint density at radius 3 is 2.44 bits per heavy atom. The molecule has 1 aromatic rings. The zero-order valence-electron chi connectivity index (χ0n) is 19.9. The lowest BCUT2D eigenvalue weighted by Crippen LogP contribution is -2.49. The van der Waals surface area contributed by atoms with Crippen molar-refractivity contribution in [2.24, 2.45) is 5.92 Å². The van der Waals surface area contributed by atoms with Crippen LogP contribution in [0.2, 0.25) is 0 Å². The molecular weight excluding hydrogens is 414 g/mol. The third-order valence-corrected chi connectivity index (χ3v) is 5.14. The van der Waals surface area contributed by atoms with Gasteiger partial charge in [-0.2, -0.15) is 0 Å². The van der Waals surface area contributed by atoms with Crippen LogP contribution in [0.5, 0.6) is 11.5 Å². The van der Waals surface area contributed by atoms with E-state index in [1.54, 1.807) is 25.2 Å². The van der Waals surface area contributed by atoms with Crippen LogP contribution in [0.1, 0.15) is 19.4 Å². The molecule has 0 bridgehead atoms. The number of ether oxygens (including phenoxy) is 4. The summed E-state index contributed by atoms with van der Waals surface area (Å²) in [6.45, 7) is 8.63. The van der Waals surface area contributed by atoms with Crippen molar-refractivity contribution in [2.45, 2.75) is 26.5 Å². The van der Waals surface area contributed by atoms with Gasteiger partial charge in [0, 0.05) is 38.8 Å². The van der Waals surface area contributed by atoms with Crippen LogP contribution in [0.25, 0.3) is 0 Å². The van der Waals surface area contributed by atoms with E-state index < -0.39 is 5.97 Å². The van der Waals surface area contributed by atoms with E-state index in [4.69, 9.17) is 18.9 Å². The second-order valence-electron chi connectivity index (χ2n) is 8.39. The van der Waals surface area contributed by atoms with Crippen molar-refractivity contribution in [3.05, 3.63) is 23.8 Å². The minimum absolute atomic E-state index is 0.00839. The SMILES string of the molecule is COC(=O)CN(CC(=O)NCC1CN(CC(C)C)CCO1)Cc1cc(OC)cc(OC)c1. The van der Waals surface area contributed by atoms with Gasteiger partial charge in [0.1, 0.15) is 11.5 Å². The van der Waals surface area contributed by atoms with Crippen LogP contribution in [-0.2, 0) is 25.6 Å². The van der Waals surface area contributed by atoms with Gasteiger partial charge in [0.2, 0.25) is 5.91 Å². The van der Waals surface area contributed by atoms with Crippen molar-refractivity contribution in [3.8, 4) is 11.5 Å². The smallest absolute Gasteiger partial charge is 0.319 e. The predicted octanol–water partition coefficient (Wildman–Crippen LogP) is 1.15. The first-order chi connectivity index (χ1) is 15.3. The van der Waals surface area contributed by atoms with Crippen LogP contribution in [0.4, 0.5) is 0 Å². The monoisotopic (exact) mass is 451 g/mol. The van der Waals surface area contributed by atoms with Gasteiger partial charge in [-0.1, -0.05) is 13.8 Å². The van der Waals surface area contributed by atoms with Crippen LogP contribution in [-0.4, -0.2) is 95.0 Å². The molecular formula is C23H37N3O6. The number of esters is 1. The maximum Gasteiger partial charge on any atom is 0.319 e. The van der Waals surface area contributed by atoms with Gasteiger partial charge in [0.25, 0.3) is 0 Å². The third-order valence-electron chi connectivity index (χ3n) is 5.14. The molecule has 9 nitrogen and oxygen atoms in total. The first-order valence-electron chi connectivity index (χ1n) is 10.9. The van der Waals surface area contributed by atoms with E-state index >= 15 is 0 Å². The molecule has 1 saturated heterocycles. The highest BCUT2D eigenvalue weighted by Gasteiger charge is 2.22. The number of rotatable bonds is 12. The summed E-state index contributed by atoms with van der Waals surface area (Å²) in [4.78, 5) is 28.6. The number of benzene rings is 1. The lowest BCUT2D eigenvalue weighted by atomic mass is 10.1. The van der Waals surface area contributed by atoms with Crippen LogP contribution >= 0.6 is 0 Å². The van der Waals surface area contributed by atoms with Gasteiger partial charge < -0.3 is 24.3 Å². The average Bonchev–Trinajstić information content (AvgIpc) is 2.77. The maximum atomic E-state index is 12.6. The second kappa shape index (κ2) is 13.2. The summed E-state index contributed by atoms with van der Waals surface area (Å²) in [5.74, 6) is 1.29. The zero-order valence-corrected chi connectivity index (χ0v) is 19.9. The molecule has 1 N–H and O–H groups in total. The highest BCUT2D eigenvalue weighted by Crippen LogP contribution is 2.23. The van der Waals surface area contributed by atoms with E-state index in [1.807, 2.05) is 12.1 Å². The lowest BCUT2D eigenvalue weighted by molar-refractivity contribution is -0.142. The molecule has 1 aromatic carbocycles. The molecule has 1 aliphatic rings. The van der Waals surface area contributed by atoms with Gasteiger partial charge in [-0.05, 0) is 23.6 Å². The maximum absolute atomic E-state index is 12.6. The number of amides is 1. The Labute approximate surface area is 190 Å². The Kier molecular flexibility index (Phi) is 10.7. The molecule has 2 rings (SSSR count). The second-order valence-corrected chi connectivity index (χ2v) is 8.39. The van der Waals surface area contributed by atoms with Gasteiger partial charge in [-0.3, -0.25) is 19.4 Å². The molecule has 0 aromatic heterocycles. The Bertz CT molecular complexity index is 720. The van der Waals surface area contributed by atoms with Crippen LogP contribution in [0.15, 0.2) is 18.2 Å². The van der Waals surface area contributed by atoms with E-state index in [-0.39, 0.29) is 25.1 Å². The number of methoxy groups -OCH3 is 3. The first kappa shape index (κ1) is 25.9. The molecule has 32 heavy (non-hydrogen) atoms. The highest BCUT2D eigenvalue weighted by molar-refractivity contribution is 5.79. The van der Waals surface area contributed by atoms with Crippen molar-refractivity contribution in [2.75, 3.05) is 67.2 Å². The minimum Gasteiger partial charge on any atom is -0.497 e. The van der Waals surface area contributed by atoms with Crippen LogP contribution in [0, 0.1) is 5.92 Å². The van der Waals surface area contributed by atoms with Crippen molar-refractivity contribution in [1.82, 2.24) is 15.1 Å². The number of nitrogens with zero attached hydrogens (tertiary/aromatic N) is 2. The molecule has 0 saturated carbocycles. The summed E-state index contributed by atoms with van der Waals surface area (Å²) < 4.78 is 21.2. The van der Waals surface area contributed by atoms with Crippen molar-refractivity contribution < 1.29 is 28.5 Å². The molecule has 0 aliphatic carbocycles. The number of hydrogen-bond donors (Lipinski definition) is 1. The number of morpholine rings is 1. The van der Waals surface area contributed by atoms with Crippen molar-refractivity contribution in [1.29, 1.82) is 0 Å².